The molecule has 17 heavy (non-hydrogen) atoms. The lowest BCUT2D eigenvalue weighted by Crippen LogP contribution is -2.29. The molecular weight excluding hydrogens is 230 g/mol. The molecule has 1 atom stereocenters. The molecule has 0 spiro atoms. The fraction of sp³-hybridized carbons (Fsp3) is 0.500. The topological polar surface area (TPSA) is 20.3 Å². The standard InChI is InChI=1S/C14H19NOS/c1-10(2)11-7-8-15(9-11)14(16)12-5-3-4-6-13(12)17/h3-6,10-11,17H,7-9H2,1-2H3. The Morgan fingerprint density at radius 2 is 2.12 bits per heavy atom. The Morgan fingerprint density at radius 1 is 1.41 bits per heavy atom. The summed E-state index contributed by atoms with van der Waals surface area (Å²) in [6.45, 7) is 6.22. The smallest absolute Gasteiger partial charge is 0.254 e. The van der Waals surface area contributed by atoms with E-state index < -0.39 is 0 Å². The predicted octanol–water partition coefficient (Wildman–Crippen LogP) is 3.09. The van der Waals surface area contributed by atoms with E-state index >= 15 is 0 Å². The number of benzene rings is 1. The molecule has 1 aromatic carbocycles. The van der Waals surface area contributed by atoms with Crippen molar-refractivity contribution in [3.63, 3.8) is 0 Å². The number of carbonyl (C=O) groups is 1. The van der Waals surface area contributed by atoms with Gasteiger partial charge in [0, 0.05) is 18.0 Å². The number of likely N-dealkylation sites (tertiary alicyclic amines) is 1. The zero-order chi connectivity index (χ0) is 12.4. The summed E-state index contributed by atoms with van der Waals surface area (Å²) in [6.07, 6.45) is 1.12. The maximum atomic E-state index is 12.3. The predicted molar refractivity (Wildman–Crippen MR) is 72.5 cm³/mol. The van der Waals surface area contributed by atoms with E-state index in [1.165, 1.54) is 0 Å². The van der Waals surface area contributed by atoms with Gasteiger partial charge in [-0.1, -0.05) is 26.0 Å². The lowest BCUT2D eigenvalue weighted by atomic mass is 9.95. The highest BCUT2D eigenvalue weighted by atomic mass is 32.1. The first-order valence-corrected chi connectivity index (χ1v) is 6.61. The second kappa shape index (κ2) is 5.13. The molecule has 2 nitrogen and oxygen atoms in total. The van der Waals surface area contributed by atoms with Gasteiger partial charge in [-0.25, -0.2) is 0 Å². The van der Waals surface area contributed by atoms with E-state index in [-0.39, 0.29) is 5.91 Å². The van der Waals surface area contributed by atoms with Gasteiger partial charge in [-0.05, 0) is 30.4 Å². The van der Waals surface area contributed by atoms with Crippen molar-refractivity contribution in [1.29, 1.82) is 0 Å². The molecule has 0 N–H and O–H groups in total. The molecule has 1 aromatic rings. The first-order chi connectivity index (χ1) is 8.09. The molecule has 1 unspecified atom stereocenters. The maximum absolute atomic E-state index is 12.3. The molecule has 1 fully saturated rings. The maximum Gasteiger partial charge on any atom is 0.254 e. The highest BCUT2D eigenvalue weighted by Gasteiger charge is 2.29. The van der Waals surface area contributed by atoms with Gasteiger partial charge in [-0.2, -0.15) is 0 Å². The third-order valence-electron chi connectivity index (χ3n) is 3.59. The zero-order valence-corrected chi connectivity index (χ0v) is 11.3. The quantitative estimate of drug-likeness (QED) is 0.799. The highest BCUT2D eigenvalue weighted by Crippen LogP contribution is 2.26. The molecular formula is C14H19NOS. The Labute approximate surface area is 108 Å². The lowest BCUT2D eigenvalue weighted by molar-refractivity contribution is 0.0780. The van der Waals surface area contributed by atoms with Crippen molar-refractivity contribution in [1.82, 2.24) is 4.90 Å². The Hall–Kier alpha value is -0.960. The molecule has 0 saturated carbocycles. The molecule has 0 radical (unpaired) electrons. The van der Waals surface area contributed by atoms with E-state index in [4.69, 9.17) is 0 Å². The summed E-state index contributed by atoms with van der Waals surface area (Å²) in [7, 11) is 0. The summed E-state index contributed by atoms with van der Waals surface area (Å²) in [5.41, 5.74) is 0.722. The summed E-state index contributed by atoms with van der Waals surface area (Å²) in [5.74, 6) is 1.42. The van der Waals surface area contributed by atoms with Gasteiger partial charge in [-0.15, -0.1) is 12.6 Å². The van der Waals surface area contributed by atoms with Crippen LogP contribution in [0.1, 0.15) is 30.6 Å². The fourth-order valence-electron chi connectivity index (χ4n) is 2.34. The first-order valence-electron chi connectivity index (χ1n) is 6.17. The minimum absolute atomic E-state index is 0.124. The van der Waals surface area contributed by atoms with Crippen LogP contribution in [-0.2, 0) is 0 Å². The molecule has 92 valence electrons. The molecule has 1 heterocycles. The number of nitrogens with zero attached hydrogens (tertiary/aromatic N) is 1. The van der Waals surface area contributed by atoms with Crippen LogP contribution in [0.2, 0.25) is 0 Å². The van der Waals surface area contributed by atoms with Crippen molar-refractivity contribution in [3.05, 3.63) is 29.8 Å². The van der Waals surface area contributed by atoms with Crippen LogP contribution in [0.25, 0.3) is 0 Å². The molecule has 1 aliphatic rings. The molecule has 3 heteroatoms. The van der Waals surface area contributed by atoms with Crippen LogP contribution in [0.5, 0.6) is 0 Å². The fourth-order valence-corrected chi connectivity index (χ4v) is 2.60. The van der Waals surface area contributed by atoms with Gasteiger partial charge in [-0.3, -0.25) is 4.79 Å². The summed E-state index contributed by atoms with van der Waals surface area (Å²) in [5, 5.41) is 0. The molecule has 1 amide bonds. The van der Waals surface area contributed by atoms with E-state index in [1.807, 2.05) is 29.2 Å². The number of carbonyl (C=O) groups excluding carboxylic acids is 1. The molecule has 1 saturated heterocycles. The Kier molecular flexibility index (Phi) is 3.77. The van der Waals surface area contributed by atoms with Gasteiger partial charge < -0.3 is 4.90 Å². The van der Waals surface area contributed by atoms with E-state index in [1.54, 1.807) is 0 Å². The molecule has 2 rings (SSSR count). The van der Waals surface area contributed by atoms with Gasteiger partial charge >= 0.3 is 0 Å². The summed E-state index contributed by atoms with van der Waals surface area (Å²) < 4.78 is 0. The van der Waals surface area contributed by atoms with Crippen LogP contribution in [0.15, 0.2) is 29.2 Å². The van der Waals surface area contributed by atoms with E-state index in [0.29, 0.717) is 11.8 Å². The minimum Gasteiger partial charge on any atom is -0.338 e. The van der Waals surface area contributed by atoms with Gasteiger partial charge in [0.2, 0.25) is 0 Å². The van der Waals surface area contributed by atoms with Crippen LogP contribution >= 0.6 is 12.6 Å². The van der Waals surface area contributed by atoms with Crippen LogP contribution in [0.3, 0.4) is 0 Å². The Balaban J connectivity index is 2.10. The van der Waals surface area contributed by atoms with Gasteiger partial charge in [0.15, 0.2) is 0 Å². The average Bonchev–Trinajstić information content (AvgIpc) is 2.78. The van der Waals surface area contributed by atoms with Crippen molar-refractivity contribution < 1.29 is 4.79 Å². The molecule has 1 aliphatic heterocycles. The Bertz CT molecular complexity index is 416. The summed E-state index contributed by atoms with van der Waals surface area (Å²) in [4.78, 5) is 15.0. The van der Waals surface area contributed by atoms with Crippen molar-refractivity contribution >= 4 is 18.5 Å². The number of hydrogen-bond acceptors (Lipinski definition) is 2. The third-order valence-corrected chi connectivity index (χ3v) is 3.98. The normalized spacial score (nSPS) is 20.0. The lowest BCUT2D eigenvalue weighted by Gasteiger charge is -2.18. The number of hydrogen-bond donors (Lipinski definition) is 1. The minimum atomic E-state index is 0.124. The zero-order valence-electron chi connectivity index (χ0n) is 10.4. The van der Waals surface area contributed by atoms with Crippen LogP contribution < -0.4 is 0 Å². The van der Waals surface area contributed by atoms with Crippen molar-refractivity contribution in [2.75, 3.05) is 13.1 Å². The summed E-state index contributed by atoms with van der Waals surface area (Å²) >= 11 is 4.35. The van der Waals surface area contributed by atoms with Gasteiger partial charge in [0.1, 0.15) is 0 Å². The van der Waals surface area contributed by atoms with Crippen LogP contribution in [-0.4, -0.2) is 23.9 Å². The molecule has 0 aliphatic carbocycles. The second-order valence-electron chi connectivity index (χ2n) is 5.06. The first kappa shape index (κ1) is 12.5. The summed E-state index contributed by atoms with van der Waals surface area (Å²) in [6, 6.07) is 7.52. The second-order valence-corrected chi connectivity index (χ2v) is 5.54. The van der Waals surface area contributed by atoms with Crippen molar-refractivity contribution in [3.8, 4) is 0 Å². The monoisotopic (exact) mass is 249 g/mol. The molecule has 0 bridgehead atoms. The van der Waals surface area contributed by atoms with E-state index in [9.17, 15) is 4.79 Å². The van der Waals surface area contributed by atoms with Gasteiger partial charge in [0.05, 0.1) is 5.56 Å². The van der Waals surface area contributed by atoms with E-state index in [0.717, 1.165) is 30.0 Å². The molecule has 0 aromatic heterocycles. The van der Waals surface area contributed by atoms with Crippen LogP contribution in [0.4, 0.5) is 0 Å². The number of amides is 1. The van der Waals surface area contributed by atoms with Crippen molar-refractivity contribution in [2.24, 2.45) is 11.8 Å². The third kappa shape index (κ3) is 2.65. The SMILES string of the molecule is CC(C)C1CCN(C(=O)c2ccccc2S)C1. The van der Waals surface area contributed by atoms with Gasteiger partial charge in [0.25, 0.3) is 5.91 Å². The Morgan fingerprint density at radius 3 is 2.71 bits per heavy atom. The highest BCUT2D eigenvalue weighted by molar-refractivity contribution is 7.80. The number of rotatable bonds is 2. The number of thiol groups is 1. The van der Waals surface area contributed by atoms with Crippen LogP contribution in [0, 0.1) is 11.8 Å². The van der Waals surface area contributed by atoms with Crippen molar-refractivity contribution in [2.45, 2.75) is 25.2 Å². The average molecular weight is 249 g/mol. The van der Waals surface area contributed by atoms with E-state index in [2.05, 4.69) is 26.5 Å². The largest absolute Gasteiger partial charge is 0.338 e.